The monoisotopic (exact) mass is 372 g/mol. The third kappa shape index (κ3) is 5.24. The average Bonchev–Trinajstić information content (AvgIpc) is 2.72. The summed E-state index contributed by atoms with van der Waals surface area (Å²) in [4.78, 5) is 29.0. The highest BCUT2D eigenvalue weighted by molar-refractivity contribution is 5.80. The number of nitrogens with zero attached hydrogens (tertiary/aromatic N) is 2. The first kappa shape index (κ1) is 19.7. The minimum absolute atomic E-state index is 0.00654. The molecule has 148 valence electrons. The molecule has 2 amide bonds. The van der Waals surface area contributed by atoms with Gasteiger partial charge in [-0.3, -0.25) is 9.59 Å². The third-order valence-electron chi connectivity index (χ3n) is 5.86. The lowest BCUT2D eigenvalue weighted by atomic mass is 9.93. The van der Waals surface area contributed by atoms with Gasteiger partial charge in [0.15, 0.2) is 6.61 Å². The molecule has 0 N–H and O–H groups in total. The van der Waals surface area contributed by atoms with Crippen molar-refractivity contribution in [1.82, 2.24) is 9.80 Å². The summed E-state index contributed by atoms with van der Waals surface area (Å²) in [6, 6.07) is 7.88. The third-order valence-corrected chi connectivity index (χ3v) is 5.86. The summed E-state index contributed by atoms with van der Waals surface area (Å²) >= 11 is 0. The van der Waals surface area contributed by atoms with Crippen LogP contribution in [-0.4, -0.2) is 54.4 Å². The van der Waals surface area contributed by atoms with Crippen LogP contribution in [0.1, 0.15) is 45.1 Å². The molecule has 3 rings (SSSR count). The van der Waals surface area contributed by atoms with Crippen molar-refractivity contribution in [2.45, 2.75) is 46.0 Å². The van der Waals surface area contributed by atoms with Crippen molar-refractivity contribution in [3.8, 4) is 5.75 Å². The maximum absolute atomic E-state index is 12.7. The number of carbonyl (C=O) groups is 2. The zero-order chi connectivity index (χ0) is 19.2. The van der Waals surface area contributed by atoms with E-state index in [0.29, 0.717) is 24.9 Å². The number of hydrogen-bond donors (Lipinski definition) is 0. The zero-order valence-corrected chi connectivity index (χ0v) is 16.7. The van der Waals surface area contributed by atoms with Gasteiger partial charge < -0.3 is 14.5 Å². The molecule has 1 aromatic carbocycles. The Hall–Kier alpha value is -2.04. The van der Waals surface area contributed by atoms with Crippen LogP contribution >= 0.6 is 0 Å². The Balaban J connectivity index is 1.42. The molecule has 2 saturated heterocycles. The SMILES string of the molecule is CCc1ccc(OCC(=O)N2CCC(C(=O)N3CCCC(C)C3)CC2)cc1. The van der Waals surface area contributed by atoms with Crippen molar-refractivity contribution in [3.63, 3.8) is 0 Å². The number of hydrogen-bond acceptors (Lipinski definition) is 3. The van der Waals surface area contributed by atoms with Crippen molar-refractivity contribution >= 4 is 11.8 Å². The lowest BCUT2D eigenvalue weighted by Crippen LogP contribution is -2.47. The fourth-order valence-corrected chi connectivity index (χ4v) is 4.08. The van der Waals surface area contributed by atoms with E-state index in [1.807, 2.05) is 34.1 Å². The topological polar surface area (TPSA) is 49.9 Å². The van der Waals surface area contributed by atoms with E-state index in [1.54, 1.807) is 0 Å². The fourth-order valence-electron chi connectivity index (χ4n) is 4.08. The summed E-state index contributed by atoms with van der Waals surface area (Å²) in [5.74, 6) is 1.70. The summed E-state index contributed by atoms with van der Waals surface area (Å²) < 4.78 is 5.64. The molecule has 0 saturated carbocycles. The summed E-state index contributed by atoms with van der Waals surface area (Å²) in [5.41, 5.74) is 1.25. The quantitative estimate of drug-likeness (QED) is 0.798. The number of amides is 2. The van der Waals surface area contributed by atoms with Crippen LogP contribution in [0.4, 0.5) is 0 Å². The summed E-state index contributed by atoms with van der Waals surface area (Å²) in [6.45, 7) is 7.48. The van der Waals surface area contributed by atoms with Crippen LogP contribution in [0.5, 0.6) is 5.75 Å². The van der Waals surface area contributed by atoms with Gasteiger partial charge in [-0.2, -0.15) is 0 Å². The molecule has 27 heavy (non-hydrogen) atoms. The Bertz CT molecular complexity index is 635. The number of likely N-dealkylation sites (tertiary alicyclic amines) is 2. The number of piperidine rings is 2. The minimum Gasteiger partial charge on any atom is -0.484 e. The van der Waals surface area contributed by atoms with E-state index in [0.717, 1.165) is 44.5 Å². The van der Waals surface area contributed by atoms with E-state index < -0.39 is 0 Å². The second-order valence-electron chi connectivity index (χ2n) is 7.97. The molecular formula is C22H32N2O3. The van der Waals surface area contributed by atoms with Crippen molar-refractivity contribution in [2.75, 3.05) is 32.8 Å². The smallest absolute Gasteiger partial charge is 0.260 e. The van der Waals surface area contributed by atoms with Gasteiger partial charge in [0.2, 0.25) is 5.91 Å². The van der Waals surface area contributed by atoms with E-state index in [-0.39, 0.29) is 18.4 Å². The summed E-state index contributed by atoms with van der Waals surface area (Å²) in [7, 11) is 0. The Morgan fingerprint density at radius 1 is 1.04 bits per heavy atom. The Morgan fingerprint density at radius 2 is 1.74 bits per heavy atom. The molecule has 0 bridgehead atoms. The van der Waals surface area contributed by atoms with E-state index in [1.165, 1.54) is 12.0 Å². The molecule has 2 heterocycles. The number of carbonyl (C=O) groups excluding carboxylic acids is 2. The van der Waals surface area contributed by atoms with Crippen LogP contribution in [0.25, 0.3) is 0 Å². The average molecular weight is 373 g/mol. The van der Waals surface area contributed by atoms with Gasteiger partial charge in [0, 0.05) is 32.1 Å². The van der Waals surface area contributed by atoms with Crippen LogP contribution < -0.4 is 4.74 Å². The molecule has 1 unspecified atom stereocenters. The Kier molecular flexibility index (Phi) is 6.75. The zero-order valence-electron chi connectivity index (χ0n) is 16.7. The molecule has 5 nitrogen and oxygen atoms in total. The second kappa shape index (κ2) is 9.25. The van der Waals surface area contributed by atoms with E-state index in [4.69, 9.17) is 4.74 Å². The lowest BCUT2D eigenvalue weighted by molar-refractivity contribution is -0.142. The highest BCUT2D eigenvalue weighted by atomic mass is 16.5. The van der Waals surface area contributed by atoms with Crippen molar-refractivity contribution in [3.05, 3.63) is 29.8 Å². The first-order chi connectivity index (χ1) is 13.1. The predicted octanol–water partition coefficient (Wildman–Crippen LogP) is 3.12. The van der Waals surface area contributed by atoms with Crippen LogP contribution in [0.15, 0.2) is 24.3 Å². The van der Waals surface area contributed by atoms with Gasteiger partial charge in [0.25, 0.3) is 5.91 Å². The second-order valence-corrected chi connectivity index (χ2v) is 7.97. The Labute approximate surface area is 162 Å². The van der Waals surface area contributed by atoms with E-state index in [2.05, 4.69) is 13.8 Å². The maximum Gasteiger partial charge on any atom is 0.260 e. The highest BCUT2D eigenvalue weighted by Crippen LogP contribution is 2.24. The van der Waals surface area contributed by atoms with Crippen molar-refractivity contribution < 1.29 is 14.3 Å². The molecule has 1 atom stereocenters. The number of aryl methyl sites for hydroxylation is 1. The van der Waals surface area contributed by atoms with Gasteiger partial charge in [-0.15, -0.1) is 0 Å². The molecule has 0 aliphatic carbocycles. The predicted molar refractivity (Wildman–Crippen MR) is 106 cm³/mol. The van der Waals surface area contributed by atoms with Crippen molar-refractivity contribution in [2.24, 2.45) is 11.8 Å². The van der Waals surface area contributed by atoms with Gasteiger partial charge >= 0.3 is 0 Å². The van der Waals surface area contributed by atoms with E-state index in [9.17, 15) is 9.59 Å². The van der Waals surface area contributed by atoms with Gasteiger partial charge in [0.05, 0.1) is 0 Å². The molecule has 0 radical (unpaired) electrons. The van der Waals surface area contributed by atoms with E-state index >= 15 is 0 Å². The lowest BCUT2D eigenvalue weighted by Gasteiger charge is -2.37. The van der Waals surface area contributed by atoms with Crippen LogP contribution in [0.2, 0.25) is 0 Å². The molecule has 5 heteroatoms. The molecule has 0 spiro atoms. The van der Waals surface area contributed by atoms with Gasteiger partial charge in [-0.05, 0) is 55.7 Å². The van der Waals surface area contributed by atoms with Crippen molar-refractivity contribution in [1.29, 1.82) is 0 Å². The summed E-state index contributed by atoms with van der Waals surface area (Å²) in [5, 5.41) is 0. The largest absolute Gasteiger partial charge is 0.484 e. The number of rotatable bonds is 5. The standard InChI is InChI=1S/C22H32N2O3/c1-3-18-6-8-20(9-7-18)27-16-21(25)23-13-10-19(11-14-23)22(26)24-12-4-5-17(2)15-24/h6-9,17,19H,3-5,10-16H2,1-2H3. The molecule has 2 aliphatic heterocycles. The highest BCUT2D eigenvalue weighted by Gasteiger charge is 2.31. The first-order valence-electron chi connectivity index (χ1n) is 10.3. The molecule has 1 aromatic rings. The molecule has 2 aliphatic rings. The van der Waals surface area contributed by atoms with Gasteiger partial charge in [0.1, 0.15) is 5.75 Å². The van der Waals surface area contributed by atoms with Crippen LogP contribution in [-0.2, 0) is 16.0 Å². The Morgan fingerprint density at radius 3 is 2.37 bits per heavy atom. The molecular weight excluding hydrogens is 340 g/mol. The molecule has 0 aromatic heterocycles. The van der Waals surface area contributed by atoms with Gasteiger partial charge in [-0.1, -0.05) is 26.0 Å². The molecule has 2 fully saturated rings. The fraction of sp³-hybridized carbons (Fsp3) is 0.636. The maximum atomic E-state index is 12.7. The normalized spacial score (nSPS) is 21.2. The number of benzene rings is 1. The minimum atomic E-state index is 0.00654. The summed E-state index contributed by atoms with van der Waals surface area (Å²) in [6.07, 6.45) is 4.85. The number of ether oxygens (including phenoxy) is 1. The van der Waals surface area contributed by atoms with Crippen LogP contribution in [0, 0.1) is 11.8 Å². The van der Waals surface area contributed by atoms with Crippen LogP contribution in [0.3, 0.4) is 0 Å². The van der Waals surface area contributed by atoms with Gasteiger partial charge in [-0.25, -0.2) is 0 Å². The first-order valence-corrected chi connectivity index (χ1v) is 10.3.